The first-order valence-corrected chi connectivity index (χ1v) is 7.38. The maximum absolute atomic E-state index is 12.3. The number of nitrogens with two attached hydrogens (primary N) is 1. The summed E-state index contributed by atoms with van der Waals surface area (Å²) in [6, 6.07) is 3.21. The zero-order valence-electron chi connectivity index (χ0n) is 11.8. The van der Waals surface area contributed by atoms with E-state index in [9.17, 15) is 4.79 Å². The molecule has 1 saturated heterocycles. The van der Waals surface area contributed by atoms with Crippen molar-refractivity contribution in [2.75, 3.05) is 32.5 Å². The molecule has 1 heterocycles. The molecule has 110 valence electrons. The number of Topliss-reactive ketones (excluding diaryl/α,β-unsaturated/α-hetero) is 1. The van der Waals surface area contributed by atoms with Gasteiger partial charge in [-0.2, -0.15) is 0 Å². The molecule has 0 unspecified atom stereocenters. The number of ether oxygens (including phenoxy) is 1. The van der Waals surface area contributed by atoms with Crippen molar-refractivity contribution < 1.29 is 9.53 Å². The highest BCUT2D eigenvalue weighted by atomic mass is 35.5. The normalized spacial score (nSPS) is 15.5. The lowest BCUT2D eigenvalue weighted by atomic mass is 10.0. The number of nitrogens with zero attached hydrogens (tertiary/aromatic N) is 1. The number of hydrogen-bond donors (Lipinski definition) is 1. The van der Waals surface area contributed by atoms with Crippen LogP contribution in [-0.2, 0) is 0 Å². The number of methoxy groups -OCH3 is 1. The molecule has 2 N–H and O–H groups in total. The Kier molecular flexibility index (Phi) is 5.26. The summed E-state index contributed by atoms with van der Waals surface area (Å²) < 4.78 is 5.21. The molecule has 1 aromatic carbocycles. The van der Waals surface area contributed by atoms with Crippen molar-refractivity contribution in [3.05, 3.63) is 22.7 Å². The van der Waals surface area contributed by atoms with Crippen LogP contribution in [0.2, 0.25) is 5.02 Å². The summed E-state index contributed by atoms with van der Waals surface area (Å²) >= 11 is 5.98. The van der Waals surface area contributed by atoms with Gasteiger partial charge < -0.3 is 15.4 Å². The first-order valence-electron chi connectivity index (χ1n) is 7.00. The number of carbonyl (C=O) groups is 1. The van der Waals surface area contributed by atoms with Crippen molar-refractivity contribution in [2.24, 2.45) is 0 Å². The van der Waals surface area contributed by atoms with Crippen LogP contribution in [0.5, 0.6) is 5.75 Å². The average Bonchev–Trinajstić information content (AvgIpc) is 2.94. The van der Waals surface area contributed by atoms with Crippen LogP contribution in [0.25, 0.3) is 0 Å². The highest BCUT2D eigenvalue weighted by molar-refractivity contribution is 6.33. The third-order valence-electron chi connectivity index (χ3n) is 3.70. The number of likely N-dealkylation sites (tertiary alicyclic amines) is 1. The minimum atomic E-state index is 0.0583. The Bertz CT molecular complexity index is 485. The molecule has 0 spiro atoms. The van der Waals surface area contributed by atoms with E-state index >= 15 is 0 Å². The van der Waals surface area contributed by atoms with E-state index in [1.807, 2.05) is 0 Å². The van der Waals surface area contributed by atoms with Gasteiger partial charge in [0.05, 0.1) is 23.4 Å². The van der Waals surface area contributed by atoms with Gasteiger partial charge in [0.25, 0.3) is 0 Å². The zero-order valence-corrected chi connectivity index (χ0v) is 12.6. The number of rotatable bonds is 6. The lowest BCUT2D eigenvalue weighted by molar-refractivity contribution is 0.0973. The van der Waals surface area contributed by atoms with E-state index in [1.54, 1.807) is 12.1 Å². The average molecular weight is 297 g/mol. The molecule has 0 saturated carbocycles. The molecule has 0 radical (unpaired) electrons. The molecule has 20 heavy (non-hydrogen) atoms. The smallest absolute Gasteiger partial charge is 0.166 e. The van der Waals surface area contributed by atoms with Gasteiger partial charge in [0.15, 0.2) is 5.78 Å². The van der Waals surface area contributed by atoms with Gasteiger partial charge in [-0.15, -0.1) is 0 Å². The molecule has 4 nitrogen and oxygen atoms in total. The van der Waals surface area contributed by atoms with Gasteiger partial charge in [0.1, 0.15) is 5.75 Å². The van der Waals surface area contributed by atoms with Gasteiger partial charge in [-0.1, -0.05) is 11.6 Å². The van der Waals surface area contributed by atoms with Crippen LogP contribution in [-0.4, -0.2) is 37.4 Å². The topological polar surface area (TPSA) is 55.6 Å². The zero-order chi connectivity index (χ0) is 14.5. The van der Waals surface area contributed by atoms with Gasteiger partial charge in [0, 0.05) is 12.5 Å². The van der Waals surface area contributed by atoms with Crippen molar-refractivity contribution in [2.45, 2.75) is 25.7 Å². The molecule has 0 atom stereocenters. The third-order valence-corrected chi connectivity index (χ3v) is 4.02. The van der Waals surface area contributed by atoms with E-state index in [2.05, 4.69) is 4.90 Å². The quantitative estimate of drug-likeness (QED) is 0.648. The molecular weight excluding hydrogens is 276 g/mol. The Morgan fingerprint density at radius 1 is 1.40 bits per heavy atom. The summed E-state index contributed by atoms with van der Waals surface area (Å²) in [6.07, 6.45) is 3.92. The number of benzene rings is 1. The molecule has 0 amide bonds. The van der Waals surface area contributed by atoms with Gasteiger partial charge in [-0.3, -0.25) is 4.79 Å². The summed E-state index contributed by atoms with van der Waals surface area (Å²) in [5.74, 6) is 0.556. The van der Waals surface area contributed by atoms with Crippen LogP contribution in [0.4, 0.5) is 5.69 Å². The number of anilines is 1. The van der Waals surface area contributed by atoms with Crippen LogP contribution in [0.15, 0.2) is 12.1 Å². The lowest BCUT2D eigenvalue weighted by Gasteiger charge is -2.14. The van der Waals surface area contributed by atoms with Crippen molar-refractivity contribution in [3.63, 3.8) is 0 Å². The third kappa shape index (κ3) is 3.64. The van der Waals surface area contributed by atoms with E-state index in [1.165, 1.54) is 20.0 Å². The largest absolute Gasteiger partial charge is 0.496 e. The first kappa shape index (κ1) is 15.1. The van der Waals surface area contributed by atoms with Crippen molar-refractivity contribution >= 4 is 23.1 Å². The number of hydrogen-bond acceptors (Lipinski definition) is 4. The highest BCUT2D eigenvalue weighted by Gasteiger charge is 2.16. The second kappa shape index (κ2) is 6.95. The summed E-state index contributed by atoms with van der Waals surface area (Å²) in [5, 5.41) is 0.397. The first-order chi connectivity index (χ1) is 9.61. The van der Waals surface area contributed by atoms with Crippen LogP contribution >= 0.6 is 11.6 Å². The highest BCUT2D eigenvalue weighted by Crippen LogP contribution is 2.29. The molecule has 5 heteroatoms. The van der Waals surface area contributed by atoms with Gasteiger partial charge in [-0.25, -0.2) is 0 Å². The molecule has 2 rings (SSSR count). The second-order valence-electron chi connectivity index (χ2n) is 5.15. The molecule has 0 aromatic heterocycles. The number of nitrogen functional groups attached to an aromatic ring is 1. The van der Waals surface area contributed by atoms with E-state index in [4.69, 9.17) is 22.1 Å². The Morgan fingerprint density at radius 2 is 2.10 bits per heavy atom. The minimum Gasteiger partial charge on any atom is -0.496 e. The fourth-order valence-electron chi connectivity index (χ4n) is 2.56. The monoisotopic (exact) mass is 296 g/mol. The fraction of sp³-hybridized carbons (Fsp3) is 0.533. The van der Waals surface area contributed by atoms with Crippen molar-refractivity contribution in [3.8, 4) is 5.75 Å². The van der Waals surface area contributed by atoms with Crippen LogP contribution in [0, 0.1) is 0 Å². The molecular formula is C15H21ClN2O2. The van der Waals surface area contributed by atoms with Crippen LogP contribution in [0.1, 0.15) is 36.0 Å². The van der Waals surface area contributed by atoms with Crippen molar-refractivity contribution in [1.29, 1.82) is 0 Å². The van der Waals surface area contributed by atoms with Crippen LogP contribution in [0.3, 0.4) is 0 Å². The van der Waals surface area contributed by atoms with Gasteiger partial charge in [0.2, 0.25) is 0 Å². The van der Waals surface area contributed by atoms with E-state index in [0.717, 1.165) is 26.1 Å². The maximum Gasteiger partial charge on any atom is 0.166 e. The van der Waals surface area contributed by atoms with E-state index in [0.29, 0.717) is 28.4 Å². The molecule has 1 aliphatic heterocycles. The minimum absolute atomic E-state index is 0.0583. The Labute approximate surface area is 124 Å². The molecule has 1 fully saturated rings. The standard InChI is InChI=1S/C15H21ClN2O2/c1-20-15-10-13(17)12(16)9-11(15)14(19)5-4-8-18-6-2-3-7-18/h9-10H,2-8,17H2,1H3. The summed E-state index contributed by atoms with van der Waals surface area (Å²) in [4.78, 5) is 14.7. The molecule has 0 aliphatic carbocycles. The fourth-order valence-corrected chi connectivity index (χ4v) is 2.72. The van der Waals surface area contributed by atoms with Gasteiger partial charge >= 0.3 is 0 Å². The Morgan fingerprint density at radius 3 is 2.75 bits per heavy atom. The van der Waals surface area contributed by atoms with E-state index < -0.39 is 0 Å². The van der Waals surface area contributed by atoms with Crippen molar-refractivity contribution in [1.82, 2.24) is 4.90 Å². The maximum atomic E-state index is 12.3. The summed E-state index contributed by atoms with van der Waals surface area (Å²) in [5.41, 5.74) is 6.67. The van der Waals surface area contributed by atoms with Gasteiger partial charge in [-0.05, 0) is 45.0 Å². The molecule has 1 aromatic rings. The SMILES string of the molecule is COc1cc(N)c(Cl)cc1C(=O)CCCN1CCCC1. The number of carbonyl (C=O) groups excluding carboxylic acids is 1. The van der Waals surface area contributed by atoms with E-state index in [-0.39, 0.29) is 5.78 Å². The Balaban J connectivity index is 1.95. The predicted octanol–water partition coefficient (Wildman–Crippen LogP) is 2.99. The summed E-state index contributed by atoms with van der Waals surface area (Å²) in [7, 11) is 1.53. The molecule has 1 aliphatic rings. The van der Waals surface area contributed by atoms with Crippen LogP contribution < -0.4 is 10.5 Å². The Hall–Kier alpha value is -1.26. The summed E-state index contributed by atoms with van der Waals surface area (Å²) in [6.45, 7) is 3.30. The predicted molar refractivity (Wildman–Crippen MR) is 81.7 cm³/mol. The lowest BCUT2D eigenvalue weighted by Crippen LogP contribution is -2.21. The number of ketones is 1. The molecule has 0 bridgehead atoms. The number of halogens is 1. The second-order valence-corrected chi connectivity index (χ2v) is 5.56.